The van der Waals surface area contributed by atoms with Gasteiger partial charge in [-0.3, -0.25) is 4.79 Å². The van der Waals surface area contributed by atoms with Crippen LogP contribution in [0.1, 0.15) is 59.8 Å². The van der Waals surface area contributed by atoms with Gasteiger partial charge < -0.3 is 0 Å². The number of carbonyl (C=O) groups excluding carboxylic acids is 1. The first-order valence-corrected chi connectivity index (χ1v) is 5.41. The lowest BCUT2D eigenvalue weighted by Crippen LogP contribution is -2.40. The van der Waals surface area contributed by atoms with E-state index in [1.54, 1.807) is 0 Å². The molecule has 1 nitrogen and oxygen atoms in total. The van der Waals surface area contributed by atoms with Crippen LogP contribution < -0.4 is 0 Å². The summed E-state index contributed by atoms with van der Waals surface area (Å²) in [6.45, 7) is 8.69. The standard InChI is InChI=1S/C12H22O/c1-11(2)9-7-5-6-8-10(13)12(11,3)4/h5-9H2,1-4H3. The van der Waals surface area contributed by atoms with Crippen LogP contribution in [0.3, 0.4) is 0 Å². The monoisotopic (exact) mass is 182 g/mol. The summed E-state index contributed by atoms with van der Waals surface area (Å²) in [4.78, 5) is 11.9. The molecule has 0 saturated heterocycles. The molecule has 1 aliphatic carbocycles. The fourth-order valence-corrected chi connectivity index (χ4v) is 2.03. The topological polar surface area (TPSA) is 17.1 Å². The van der Waals surface area contributed by atoms with Crippen LogP contribution in [-0.4, -0.2) is 5.78 Å². The molecule has 0 aromatic carbocycles. The second-order valence-electron chi connectivity index (χ2n) is 5.49. The molecule has 76 valence electrons. The van der Waals surface area contributed by atoms with Crippen molar-refractivity contribution in [3.63, 3.8) is 0 Å². The molecule has 0 aromatic heterocycles. The highest BCUT2D eigenvalue weighted by molar-refractivity contribution is 5.84. The van der Waals surface area contributed by atoms with Gasteiger partial charge in [0.05, 0.1) is 0 Å². The first-order valence-electron chi connectivity index (χ1n) is 5.41. The van der Waals surface area contributed by atoms with Crippen molar-refractivity contribution in [3.8, 4) is 0 Å². The summed E-state index contributed by atoms with van der Waals surface area (Å²) >= 11 is 0. The van der Waals surface area contributed by atoms with Gasteiger partial charge in [-0.2, -0.15) is 0 Å². The molecule has 0 heterocycles. The van der Waals surface area contributed by atoms with Gasteiger partial charge in [0.2, 0.25) is 0 Å². The van der Waals surface area contributed by atoms with E-state index in [1.807, 2.05) is 0 Å². The van der Waals surface area contributed by atoms with Crippen LogP contribution in [0.25, 0.3) is 0 Å². The zero-order valence-electron chi connectivity index (χ0n) is 9.44. The van der Waals surface area contributed by atoms with E-state index in [4.69, 9.17) is 0 Å². The lowest BCUT2D eigenvalue weighted by Gasteiger charge is -2.42. The second-order valence-corrected chi connectivity index (χ2v) is 5.49. The fourth-order valence-electron chi connectivity index (χ4n) is 2.03. The number of carbonyl (C=O) groups is 1. The van der Waals surface area contributed by atoms with Gasteiger partial charge >= 0.3 is 0 Å². The highest BCUT2D eigenvalue weighted by atomic mass is 16.1. The van der Waals surface area contributed by atoms with Crippen LogP contribution in [0.2, 0.25) is 0 Å². The molecule has 1 saturated carbocycles. The van der Waals surface area contributed by atoms with Crippen molar-refractivity contribution in [1.82, 2.24) is 0 Å². The molecule has 0 unspecified atom stereocenters. The number of Topliss-reactive ketones (excluding diaryl/α,β-unsaturated/α-hetero) is 1. The summed E-state index contributed by atoms with van der Waals surface area (Å²) in [5, 5.41) is 0. The molecule has 1 aliphatic rings. The SMILES string of the molecule is CC1(C)CCCCCC(=O)C1(C)C. The van der Waals surface area contributed by atoms with Gasteiger partial charge in [0.15, 0.2) is 0 Å². The molecule has 0 amide bonds. The average Bonchev–Trinajstić information content (AvgIpc) is 2.01. The van der Waals surface area contributed by atoms with Crippen LogP contribution >= 0.6 is 0 Å². The van der Waals surface area contributed by atoms with Gasteiger partial charge in [-0.15, -0.1) is 0 Å². The number of hydrogen-bond donors (Lipinski definition) is 0. The summed E-state index contributed by atoms with van der Waals surface area (Å²) in [5.41, 5.74) is 0.0396. The Morgan fingerprint density at radius 1 is 1.00 bits per heavy atom. The predicted molar refractivity (Wildman–Crippen MR) is 55.7 cm³/mol. The molecule has 0 aliphatic heterocycles. The molecule has 0 atom stereocenters. The Kier molecular flexibility index (Phi) is 2.84. The molecular weight excluding hydrogens is 160 g/mol. The zero-order chi connectivity index (χ0) is 10.1. The number of hydrogen-bond acceptors (Lipinski definition) is 1. The second kappa shape index (κ2) is 3.43. The maximum atomic E-state index is 11.9. The van der Waals surface area contributed by atoms with Crippen LogP contribution in [0, 0.1) is 10.8 Å². The van der Waals surface area contributed by atoms with E-state index in [0.717, 1.165) is 12.8 Å². The van der Waals surface area contributed by atoms with E-state index in [1.165, 1.54) is 19.3 Å². The summed E-state index contributed by atoms with van der Waals surface area (Å²) in [6.07, 6.45) is 5.58. The third kappa shape index (κ3) is 1.95. The van der Waals surface area contributed by atoms with Crippen molar-refractivity contribution in [3.05, 3.63) is 0 Å². The Labute approximate surface area is 81.9 Å². The van der Waals surface area contributed by atoms with E-state index in [-0.39, 0.29) is 10.8 Å². The van der Waals surface area contributed by atoms with Gasteiger partial charge in [0, 0.05) is 11.8 Å². The van der Waals surface area contributed by atoms with Crippen molar-refractivity contribution >= 4 is 5.78 Å². The molecule has 0 N–H and O–H groups in total. The summed E-state index contributed by atoms with van der Waals surface area (Å²) in [5.74, 6) is 0.456. The molecule has 0 bridgehead atoms. The quantitative estimate of drug-likeness (QED) is 0.559. The summed E-state index contributed by atoms with van der Waals surface area (Å²) in [6, 6.07) is 0. The summed E-state index contributed by atoms with van der Waals surface area (Å²) in [7, 11) is 0. The normalized spacial score (nSPS) is 27.8. The molecule has 0 aromatic rings. The van der Waals surface area contributed by atoms with E-state index in [0.29, 0.717) is 5.78 Å². The van der Waals surface area contributed by atoms with Gasteiger partial charge in [0.25, 0.3) is 0 Å². The lowest BCUT2D eigenvalue weighted by molar-refractivity contribution is -0.134. The minimum atomic E-state index is -0.132. The Hall–Kier alpha value is -0.330. The first kappa shape index (κ1) is 10.7. The van der Waals surface area contributed by atoms with Crippen LogP contribution in [-0.2, 0) is 4.79 Å². The Balaban J connectivity index is 2.87. The van der Waals surface area contributed by atoms with Crippen LogP contribution in [0.5, 0.6) is 0 Å². The van der Waals surface area contributed by atoms with Gasteiger partial charge in [-0.25, -0.2) is 0 Å². The molecule has 1 rings (SSSR count). The predicted octanol–water partition coefficient (Wildman–Crippen LogP) is 3.57. The van der Waals surface area contributed by atoms with Gasteiger partial charge in [0.1, 0.15) is 5.78 Å². The van der Waals surface area contributed by atoms with Crippen molar-refractivity contribution in [2.45, 2.75) is 59.8 Å². The van der Waals surface area contributed by atoms with Crippen LogP contribution in [0.15, 0.2) is 0 Å². The molecule has 1 heteroatoms. The minimum absolute atomic E-state index is 0.132. The number of ketones is 1. The van der Waals surface area contributed by atoms with Crippen molar-refractivity contribution in [2.24, 2.45) is 10.8 Å². The maximum absolute atomic E-state index is 11.9. The highest BCUT2D eigenvalue weighted by Gasteiger charge is 2.42. The Morgan fingerprint density at radius 3 is 2.23 bits per heavy atom. The smallest absolute Gasteiger partial charge is 0.139 e. The Morgan fingerprint density at radius 2 is 1.62 bits per heavy atom. The Bertz CT molecular complexity index is 201. The lowest BCUT2D eigenvalue weighted by atomic mass is 9.61. The van der Waals surface area contributed by atoms with Crippen molar-refractivity contribution in [1.29, 1.82) is 0 Å². The number of rotatable bonds is 0. The fraction of sp³-hybridized carbons (Fsp3) is 0.917. The van der Waals surface area contributed by atoms with Crippen molar-refractivity contribution < 1.29 is 4.79 Å². The largest absolute Gasteiger partial charge is 0.299 e. The third-order valence-corrected chi connectivity index (χ3v) is 4.09. The highest BCUT2D eigenvalue weighted by Crippen LogP contribution is 2.45. The third-order valence-electron chi connectivity index (χ3n) is 4.09. The first-order chi connectivity index (χ1) is 5.88. The molecule has 13 heavy (non-hydrogen) atoms. The van der Waals surface area contributed by atoms with E-state index >= 15 is 0 Å². The molecular formula is C12H22O. The molecule has 0 radical (unpaired) electrons. The van der Waals surface area contributed by atoms with E-state index < -0.39 is 0 Å². The molecule has 0 spiro atoms. The van der Waals surface area contributed by atoms with Gasteiger partial charge in [-0.05, 0) is 18.3 Å². The van der Waals surface area contributed by atoms with Crippen LogP contribution in [0.4, 0.5) is 0 Å². The summed E-state index contributed by atoms with van der Waals surface area (Å²) < 4.78 is 0. The van der Waals surface area contributed by atoms with Gasteiger partial charge in [-0.1, -0.05) is 40.5 Å². The zero-order valence-corrected chi connectivity index (χ0v) is 9.44. The minimum Gasteiger partial charge on any atom is -0.299 e. The van der Waals surface area contributed by atoms with E-state index in [9.17, 15) is 4.79 Å². The van der Waals surface area contributed by atoms with Crippen molar-refractivity contribution in [2.75, 3.05) is 0 Å². The van der Waals surface area contributed by atoms with E-state index in [2.05, 4.69) is 27.7 Å². The maximum Gasteiger partial charge on any atom is 0.139 e. The average molecular weight is 182 g/mol. The molecule has 1 fully saturated rings.